The third-order valence-electron chi connectivity index (χ3n) is 3.44. The van der Waals surface area contributed by atoms with E-state index in [4.69, 9.17) is 11.6 Å². The number of aryl methyl sites for hydroxylation is 1. The van der Waals surface area contributed by atoms with E-state index in [2.05, 4.69) is 17.4 Å². The van der Waals surface area contributed by atoms with Crippen LogP contribution >= 0.6 is 11.6 Å². The summed E-state index contributed by atoms with van der Waals surface area (Å²) >= 11 is 6.01. The molecule has 68 valence electrons. The first-order valence-electron chi connectivity index (χ1n) is 4.80. The van der Waals surface area contributed by atoms with Crippen LogP contribution in [0.15, 0.2) is 18.2 Å². The number of hydrogen-bond acceptors (Lipinski definition) is 1. The van der Waals surface area contributed by atoms with Gasteiger partial charge in [0.2, 0.25) is 0 Å². The Kier molecular flexibility index (Phi) is 1.50. The van der Waals surface area contributed by atoms with Crippen molar-refractivity contribution < 1.29 is 0 Å². The van der Waals surface area contributed by atoms with Crippen molar-refractivity contribution >= 4 is 11.6 Å². The summed E-state index contributed by atoms with van der Waals surface area (Å²) in [7, 11) is 0. The molecular formula is C11H12ClN. The summed E-state index contributed by atoms with van der Waals surface area (Å²) in [5.74, 6) is 0. The van der Waals surface area contributed by atoms with E-state index in [1.54, 1.807) is 0 Å². The summed E-state index contributed by atoms with van der Waals surface area (Å²) in [6, 6.07) is 6.35. The smallest absolute Gasteiger partial charge is 0.0409 e. The molecule has 1 aromatic carbocycles. The molecule has 1 aromatic rings. The second-order valence-electron chi connectivity index (χ2n) is 4.19. The van der Waals surface area contributed by atoms with E-state index in [0.717, 1.165) is 18.1 Å². The van der Waals surface area contributed by atoms with Crippen LogP contribution in [0.1, 0.15) is 17.5 Å². The first-order valence-corrected chi connectivity index (χ1v) is 5.18. The Labute approximate surface area is 83.1 Å². The number of rotatable bonds is 0. The molecule has 1 N–H and O–H groups in total. The van der Waals surface area contributed by atoms with Crippen molar-refractivity contribution in [2.45, 2.75) is 18.3 Å². The molecule has 1 saturated heterocycles. The monoisotopic (exact) mass is 193 g/mol. The highest BCUT2D eigenvalue weighted by atomic mass is 35.5. The van der Waals surface area contributed by atoms with Gasteiger partial charge in [0.1, 0.15) is 0 Å². The fourth-order valence-electron chi connectivity index (χ4n) is 2.56. The van der Waals surface area contributed by atoms with Crippen LogP contribution in [0.3, 0.4) is 0 Å². The van der Waals surface area contributed by atoms with Crippen molar-refractivity contribution in [2.24, 2.45) is 0 Å². The molecule has 2 heteroatoms. The van der Waals surface area contributed by atoms with E-state index in [9.17, 15) is 0 Å². The van der Waals surface area contributed by atoms with Crippen LogP contribution in [0, 0.1) is 0 Å². The summed E-state index contributed by atoms with van der Waals surface area (Å²) in [5.41, 5.74) is 3.45. The third-order valence-corrected chi connectivity index (χ3v) is 3.68. The number of fused-ring (bicyclic) bond motifs is 2. The lowest BCUT2D eigenvalue weighted by molar-refractivity contribution is 0.276. The van der Waals surface area contributed by atoms with E-state index in [1.165, 1.54) is 24.0 Å². The fraction of sp³-hybridized carbons (Fsp3) is 0.455. The van der Waals surface area contributed by atoms with E-state index in [1.807, 2.05) is 6.07 Å². The summed E-state index contributed by atoms with van der Waals surface area (Å²) in [6.45, 7) is 2.28. The van der Waals surface area contributed by atoms with Crippen molar-refractivity contribution in [2.75, 3.05) is 13.1 Å². The molecule has 1 aliphatic carbocycles. The number of nitrogens with one attached hydrogen (secondary N) is 1. The Morgan fingerprint density at radius 1 is 1.31 bits per heavy atom. The standard InChI is InChI=1S/C11H12ClN/c12-9-2-1-8-3-4-11(6-13-7-11)10(8)5-9/h1-2,5,13H,3-4,6-7H2. The predicted molar refractivity (Wildman–Crippen MR) is 54.3 cm³/mol. The Morgan fingerprint density at radius 3 is 2.85 bits per heavy atom. The second kappa shape index (κ2) is 2.49. The topological polar surface area (TPSA) is 12.0 Å². The van der Waals surface area contributed by atoms with E-state index >= 15 is 0 Å². The second-order valence-corrected chi connectivity index (χ2v) is 4.62. The molecule has 0 amide bonds. The highest BCUT2D eigenvalue weighted by Crippen LogP contribution is 2.42. The van der Waals surface area contributed by atoms with Gasteiger partial charge in [-0.3, -0.25) is 0 Å². The molecular weight excluding hydrogens is 182 g/mol. The van der Waals surface area contributed by atoms with Gasteiger partial charge in [0.25, 0.3) is 0 Å². The first-order chi connectivity index (χ1) is 6.30. The summed E-state index contributed by atoms with van der Waals surface area (Å²) in [4.78, 5) is 0. The minimum absolute atomic E-state index is 0.445. The number of benzene rings is 1. The van der Waals surface area contributed by atoms with Crippen molar-refractivity contribution in [3.8, 4) is 0 Å². The maximum atomic E-state index is 6.01. The van der Waals surface area contributed by atoms with Crippen molar-refractivity contribution in [1.82, 2.24) is 5.32 Å². The molecule has 0 radical (unpaired) electrons. The number of halogens is 1. The highest BCUT2D eigenvalue weighted by molar-refractivity contribution is 6.30. The summed E-state index contributed by atoms with van der Waals surface area (Å²) in [5, 5.41) is 4.24. The van der Waals surface area contributed by atoms with Crippen LogP contribution in [0.4, 0.5) is 0 Å². The van der Waals surface area contributed by atoms with Crippen LogP contribution in [0.2, 0.25) is 5.02 Å². The molecule has 0 atom stereocenters. The molecule has 13 heavy (non-hydrogen) atoms. The Balaban J connectivity index is 2.14. The van der Waals surface area contributed by atoms with Gasteiger partial charge in [-0.05, 0) is 36.1 Å². The average Bonchev–Trinajstić information content (AvgIpc) is 2.41. The van der Waals surface area contributed by atoms with Gasteiger partial charge in [-0.1, -0.05) is 17.7 Å². The van der Waals surface area contributed by atoms with Crippen LogP contribution < -0.4 is 5.32 Å². The van der Waals surface area contributed by atoms with Gasteiger partial charge in [-0.2, -0.15) is 0 Å². The van der Waals surface area contributed by atoms with Crippen LogP contribution in [-0.4, -0.2) is 13.1 Å². The largest absolute Gasteiger partial charge is 0.315 e. The zero-order valence-electron chi connectivity index (χ0n) is 7.44. The SMILES string of the molecule is Clc1ccc2c(c1)C1(CC2)CNC1. The lowest BCUT2D eigenvalue weighted by Gasteiger charge is -2.40. The molecule has 1 spiro atoms. The zero-order chi connectivity index (χ0) is 8.89. The van der Waals surface area contributed by atoms with Crippen LogP contribution in [0.25, 0.3) is 0 Å². The van der Waals surface area contributed by atoms with Gasteiger partial charge in [0, 0.05) is 23.5 Å². The highest BCUT2D eigenvalue weighted by Gasteiger charge is 2.43. The molecule has 0 saturated carbocycles. The molecule has 1 aliphatic heterocycles. The van der Waals surface area contributed by atoms with Crippen molar-refractivity contribution in [3.63, 3.8) is 0 Å². The average molecular weight is 194 g/mol. The minimum atomic E-state index is 0.445. The molecule has 2 aliphatic rings. The van der Waals surface area contributed by atoms with Gasteiger partial charge in [0.05, 0.1) is 0 Å². The van der Waals surface area contributed by atoms with Gasteiger partial charge in [-0.15, -0.1) is 0 Å². The van der Waals surface area contributed by atoms with E-state index in [-0.39, 0.29) is 0 Å². The van der Waals surface area contributed by atoms with Crippen molar-refractivity contribution in [1.29, 1.82) is 0 Å². The molecule has 1 heterocycles. The quantitative estimate of drug-likeness (QED) is 0.666. The Bertz CT molecular complexity index is 355. The minimum Gasteiger partial charge on any atom is -0.315 e. The molecule has 1 fully saturated rings. The van der Waals surface area contributed by atoms with Crippen LogP contribution in [0.5, 0.6) is 0 Å². The van der Waals surface area contributed by atoms with E-state index in [0.29, 0.717) is 5.41 Å². The van der Waals surface area contributed by atoms with Crippen molar-refractivity contribution in [3.05, 3.63) is 34.3 Å². The van der Waals surface area contributed by atoms with Gasteiger partial charge in [-0.25, -0.2) is 0 Å². The Morgan fingerprint density at radius 2 is 2.15 bits per heavy atom. The van der Waals surface area contributed by atoms with E-state index < -0.39 is 0 Å². The molecule has 0 bridgehead atoms. The lowest BCUT2D eigenvalue weighted by Crippen LogP contribution is -2.55. The molecule has 0 aromatic heterocycles. The summed E-state index contributed by atoms with van der Waals surface area (Å²) < 4.78 is 0. The molecule has 3 rings (SSSR count). The maximum absolute atomic E-state index is 6.01. The summed E-state index contributed by atoms with van der Waals surface area (Å²) in [6.07, 6.45) is 2.53. The van der Waals surface area contributed by atoms with Crippen LogP contribution in [-0.2, 0) is 11.8 Å². The zero-order valence-corrected chi connectivity index (χ0v) is 8.19. The maximum Gasteiger partial charge on any atom is 0.0409 e. The van der Waals surface area contributed by atoms with Gasteiger partial charge in [0.15, 0.2) is 0 Å². The normalized spacial score (nSPS) is 22.8. The molecule has 1 nitrogen and oxygen atoms in total. The third kappa shape index (κ3) is 0.976. The number of hydrogen-bond donors (Lipinski definition) is 1. The molecule has 0 unspecified atom stereocenters. The first kappa shape index (κ1) is 7.84. The lowest BCUT2D eigenvalue weighted by atomic mass is 9.76. The van der Waals surface area contributed by atoms with Gasteiger partial charge >= 0.3 is 0 Å². The fourth-order valence-corrected chi connectivity index (χ4v) is 2.74. The van der Waals surface area contributed by atoms with Gasteiger partial charge < -0.3 is 5.32 Å². The predicted octanol–water partition coefficient (Wildman–Crippen LogP) is 2.13. The Hall–Kier alpha value is -0.530.